The topological polar surface area (TPSA) is 79.5 Å². The van der Waals surface area contributed by atoms with Crippen LogP contribution < -0.4 is 4.72 Å². The van der Waals surface area contributed by atoms with Crippen molar-refractivity contribution in [1.82, 2.24) is 4.72 Å². The molecule has 0 amide bonds. The molecular weight excluding hydrogens is 349 g/mol. The highest BCUT2D eigenvalue weighted by Crippen LogP contribution is 2.28. The Labute approximate surface area is 138 Å². The van der Waals surface area contributed by atoms with E-state index in [-0.39, 0.29) is 22.9 Å². The van der Waals surface area contributed by atoms with Gasteiger partial charge in [-0.05, 0) is 37.1 Å². The molecule has 8 heteroatoms. The lowest BCUT2D eigenvalue weighted by molar-refractivity contribution is 0.168. The lowest BCUT2D eigenvalue weighted by Crippen LogP contribution is -2.26. The summed E-state index contributed by atoms with van der Waals surface area (Å²) in [6, 6.07) is 4.44. The fourth-order valence-corrected chi connectivity index (χ4v) is 3.75. The van der Waals surface area contributed by atoms with Gasteiger partial charge in [-0.1, -0.05) is 23.2 Å². The molecule has 0 fully saturated rings. The largest absolute Gasteiger partial charge is 0.472 e. The highest BCUT2D eigenvalue weighted by molar-refractivity contribution is 7.89. The van der Waals surface area contributed by atoms with Crippen LogP contribution in [-0.2, 0) is 10.0 Å². The fourth-order valence-electron chi connectivity index (χ4n) is 1.88. The molecule has 120 valence electrons. The first-order chi connectivity index (χ1) is 10.3. The number of aliphatic hydroxyl groups is 1. The highest BCUT2D eigenvalue weighted by Gasteiger charge is 2.19. The van der Waals surface area contributed by atoms with Crippen molar-refractivity contribution in [2.75, 3.05) is 6.54 Å². The second-order valence-electron chi connectivity index (χ2n) is 4.79. The smallest absolute Gasteiger partial charge is 0.242 e. The zero-order valence-corrected chi connectivity index (χ0v) is 14.0. The summed E-state index contributed by atoms with van der Waals surface area (Å²) in [6.07, 6.45) is 2.27. The number of rotatable bonds is 6. The van der Waals surface area contributed by atoms with E-state index in [1.807, 2.05) is 0 Å². The van der Waals surface area contributed by atoms with Crippen molar-refractivity contribution in [2.24, 2.45) is 0 Å². The molecule has 1 aromatic carbocycles. The molecule has 22 heavy (non-hydrogen) atoms. The van der Waals surface area contributed by atoms with Gasteiger partial charge in [-0.25, -0.2) is 13.1 Å². The van der Waals surface area contributed by atoms with Crippen LogP contribution in [0.15, 0.2) is 40.0 Å². The van der Waals surface area contributed by atoms with Gasteiger partial charge in [0.2, 0.25) is 10.0 Å². The van der Waals surface area contributed by atoms with Crippen LogP contribution in [0.3, 0.4) is 0 Å². The zero-order valence-electron chi connectivity index (χ0n) is 11.7. The Kier molecular flexibility index (Phi) is 5.52. The highest BCUT2D eigenvalue weighted by atomic mass is 35.5. The summed E-state index contributed by atoms with van der Waals surface area (Å²) in [4.78, 5) is -0.0335. The number of nitrogens with one attached hydrogen (secondary N) is 1. The molecule has 0 saturated heterocycles. The molecule has 0 aliphatic rings. The van der Waals surface area contributed by atoms with Crippen LogP contribution in [0.25, 0.3) is 0 Å². The van der Waals surface area contributed by atoms with Crippen molar-refractivity contribution < 1.29 is 17.9 Å². The average Bonchev–Trinajstić information content (AvgIpc) is 2.96. The Morgan fingerprint density at radius 1 is 1.32 bits per heavy atom. The number of aliphatic hydroxyl groups excluding tert-OH is 1. The van der Waals surface area contributed by atoms with Gasteiger partial charge in [-0.3, -0.25) is 0 Å². The second-order valence-corrected chi connectivity index (χ2v) is 7.34. The maximum Gasteiger partial charge on any atom is 0.242 e. The molecule has 0 radical (unpaired) electrons. The maximum absolute atomic E-state index is 12.2. The number of sulfonamides is 1. The molecule has 0 bridgehead atoms. The van der Waals surface area contributed by atoms with Crippen LogP contribution in [0.1, 0.15) is 23.7 Å². The van der Waals surface area contributed by atoms with Crippen molar-refractivity contribution in [2.45, 2.75) is 24.3 Å². The zero-order chi connectivity index (χ0) is 16.3. The van der Waals surface area contributed by atoms with Gasteiger partial charge in [0.15, 0.2) is 0 Å². The van der Waals surface area contributed by atoms with Crippen molar-refractivity contribution in [3.8, 4) is 0 Å². The first-order valence-electron chi connectivity index (χ1n) is 6.47. The molecule has 0 saturated carbocycles. The predicted octanol–water partition coefficient (Wildman–Crippen LogP) is 3.30. The molecule has 1 heterocycles. The van der Waals surface area contributed by atoms with E-state index in [2.05, 4.69) is 4.72 Å². The van der Waals surface area contributed by atoms with Gasteiger partial charge >= 0.3 is 0 Å². The molecule has 1 unspecified atom stereocenters. The van der Waals surface area contributed by atoms with Crippen molar-refractivity contribution in [3.63, 3.8) is 0 Å². The molecule has 1 atom stereocenters. The molecule has 2 aromatic rings. The molecular formula is C14H15Cl2NO4S. The number of hydrogen-bond acceptors (Lipinski definition) is 4. The molecule has 0 spiro atoms. The van der Waals surface area contributed by atoms with Crippen molar-refractivity contribution >= 4 is 33.2 Å². The molecule has 0 aliphatic heterocycles. The van der Waals surface area contributed by atoms with Gasteiger partial charge in [0.05, 0.1) is 23.7 Å². The van der Waals surface area contributed by atoms with E-state index in [0.717, 1.165) is 0 Å². The first-order valence-corrected chi connectivity index (χ1v) is 8.70. The predicted molar refractivity (Wildman–Crippen MR) is 84.7 cm³/mol. The van der Waals surface area contributed by atoms with E-state index in [0.29, 0.717) is 16.1 Å². The number of halogens is 2. The number of benzene rings is 1. The summed E-state index contributed by atoms with van der Waals surface area (Å²) in [5.41, 5.74) is 1.21. The van der Waals surface area contributed by atoms with E-state index < -0.39 is 16.1 Å². The monoisotopic (exact) mass is 363 g/mol. The fraction of sp³-hybridized carbons (Fsp3) is 0.286. The summed E-state index contributed by atoms with van der Waals surface area (Å²) in [5, 5.41) is 10.3. The Balaban J connectivity index is 2.04. The quantitative estimate of drug-likeness (QED) is 0.824. The van der Waals surface area contributed by atoms with E-state index in [9.17, 15) is 13.5 Å². The third kappa shape index (κ3) is 4.02. The molecule has 2 N–H and O–H groups in total. The Hall–Kier alpha value is -1.05. The molecule has 5 nitrogen and oxygen atoms in total. The summed E-state index contributed by atoms with van der Waals surface area (Å²) < 4.78 is 31.8. The van der Waals surface area contributed by atoms with Gasteiger partial charge in [0.1, 0.15) is 4.90 Å². The van der Waals surface area contributed by atoms with E-state index in [1.165, 1.54) is 24.7 Å². The number of aryl methyl sites for hydroxylation is 1. The number of furan rings is 1. The number of hydrogen-bond donors (Lipinski definition) is 2. The second kappa shape index (κ2) is 7.02. The summed E-state index contributed by atoms with van der Waals surface area (Å²) in [7, 11) is -3.77. The van der Waals surface area contributed by atoms with Gasteiger partial charge in [-0.15, -0.1) is 0 Å². The van der Waals surface area contributed by atoms with Crippen LogP contribution >= 0.6 is 23.2 Å². The summed E-state index contributed by atoms with van der Waals surface area (Å²) in [5.74, 6) is 0. The first kappa shape index (κ1) is 17.3. The minimum Gasteiger partial charge on any atom is -0.472 e. The lowest BCUT2D eigenvalue weighted by atomic mass is 10.1. The van der Waals surface area contributed by atoms with E-state index in [1.54, 1.807) is 13.0 Å². The summed E-state index contributed by atoms with van der Waals surface area (Å²) >= 11 is 11.8. The van der Waals surface area contributed by atoms with Gasteiger partial charge in [-0.2, -0.15) is 0 Å². The standard InChI is InChI=1S/C14H15Cl2NO4S/c1-9-6-14(12(16)7-11(9)15)22(19,20)17-4-2-13(18)10-3-5-21-8-10/h3,5-8,13,17-18H,2,4H2,1H3. The third-order valence-corrected chi connectivity index (χ3v) is 5.47. The average molecular weight is 364 g/mol. The summed E-state index contributed by atoms with van der Waals surface area (Å²) in [6.45, 7) is 1.76. The van der Waals surface area contributed by atoms with Crippen LogP contribution in [0, 0.1) is 6.92 Å². The van der Waals surface area contributed by atoms with Crippen molar-refractivity contribution in [3.05, 3.63) is 51.9 Å². The molecule has 1 aromatic heterocycles. The van der Waals surface area contributed by atoms with Gasteiger partial charge < -0.3 is 9.52 Å². The minimum absolute atomic E-state index is 0.0335. The van der Waals surface area contributed by atoms with Crippen LogP contribution in [0.4, 0.5) is 0 Å². The SMILES string of the molecule is Cc1cc(S(=O)(=O)NCCC(O)c2ccoc2)c(Cl)cc1Cl. The van der Waals surface area contributed by atoms with Crippen LogP contribution in [-0.4, -0.2) is 20.1 Å². The Morgan fingerprint density at radius 3 is 2.68 bits per heavy atom. The normalized spacial score (nSPS) is 13.3. The van der Waals surface area contributed by atoms with Crippen LogP contribution in [0.2, 0.25) is 10.0 Å². The third-order valence-electron chi connectivity index (χ3n) is 3.14. The van der Waals surface area contributed by atoms with E-state index in [4.69, 9.17) is 27.6 Å². The molecule has 2 rings (SSSR count). The van der Waals surface area contributed by atoms with Crippen molar-refractivity contribution in [1.29, 1.82) is 0 Å². The van der Waals surface area contributed by atoms with Gasteiger partial charge in [0, 0.05) is 17.1 Å². The lowest BCUT2D eigenvalue weighted by Gasteiger charge is -2.12. The Morgan fingerprint density at radius 2 is 2.05 bits per heavy atom. The molecule has 0 aliphatic carbocycles. The maximum atomic E-state index is 12.2. The van der Waals surface area contributed by atoms with E-state index >= 15 is 0 Å². The Bertz CT molecular complexity index is 744. The van der Waals surface area contributed by atoms with Gasteiger partial charge in [0.25, 0.3) is 0 Å². The van der Waals surface area contributed by atoms with Crippen LogP contribution in [0.5, 0.6) is 0 Å². The minimum atomic E-state index is -3.77.